The highest BCUT2D eigenvalue weighted by Gasteiger charge is 2.34. The van der Waals surface area contributed by atoms with E-state index in [9.17, 15) is 4.79 Å². The second kappa shape index (κ2) is 5.59. The molecule has 104 valence electrons. The van der Waals surface area contributed by atoms with Crippen molar-refractivity contribution in [1.82, 2.24) is 4.90 Å². The Morgan fingerprint density at radius 2 is 2.32 bits per heavy atom. The van der Waals surface area contributed by atoms with E-state index in [1.807, 2.05) is 31.2 Å². The predicted molar refractivity (Wildman–Crippen MR) is 71.8 cm³/mol. The monoisotopic (exact) mass is 264 g/mol. The minimum atomic E-state index is -0.452. The van der Waals surface area contributed by atoms with E-state index in [4.69, 9.17) is 15.2 Å². The molecule has 1 aliphatic rings. The van der Waals surface area contributed by atoms with Gasteiger partial charge in [-0.2, -0.15) is 0 Å². The third-order valence-corrected chi connectivity index (χ3v) is 3.36. The lowest BCUT2D eigenvalue weighted by Gasteiger charge is -2.39. The fourth-order valence-electron chi connectivity index (χ4n) is 2.12. The normalized spacial score (nSPS) is 23.5. The molecule has 1 fully saturated rings. The Morgan fingerprint density at radius 3 is 3.00 bits per heavy atom. The van der Waals surface area contributed by atoms with Crippen LogP contribution in [0.3, 0.4) is 0 Å². The highest BCUT2D eigenvalue weighted by atomic mass is 16.5. The number of rotatable bonds is 4. The molecule has 1 aromatic rings. The molecule has 2 N–H and O–H groups in total. The zero-order chi connectivity index (χ0) is 13.9. The van der Waals surface area contributed by atoms with Crippen LogP contribution in [0.1, 0.15) is 12.5 Å². The summed E-state index contributed by atoms with van der Waals surface area (Å²) in [5.41, 5.74) is 6.29. The van der Waals surface area contributed by atoms with Crippen LogP contribution in [-0.2, 0) is 16.1 Å². The van der Waals surface area contributed by atoms with Crippen molar-refractivity contribution in [3.8, 4) is 5.75 Å². The van der Waals surface area contributed by atoms with Crippen LogP contribution in [0.15, 0.2) is 24.3 Å². The summed E-state index contributed by atoms with van der Waals surface area (Å²) in [6, 6.07) is 7.71. The van der Waals surface area contributed by atoms with Gasteiger partial charge in [0, 0.05) is 13.1 Å². The Hall–Kier alpha value is -1.59. The molecule has 1 heterocycles. The Kier molecular flexibility index (Phi) is 4.07. The van der Waals surface area contributed by atoms with Crippen molar-refractivity contribution in [2.24, 2.45) is 5.73 Å². The van der Waals surface area contributed by atoms with Crippen LogP contribution >= 0.6 is 0 Å². The van der Waals surface area contributed by atoms with Crippen molar-refractivity contribution < 1.29 is 14.3 Å². The second-order valence-corrected chi connectivity index (χ2v) is 5.04. The second-order valence-electron chi connectivity index (χ2n) is 5.04. The maximum atomic E-state index is 11.9. The van der Waals surface area contributed by atoms with Gasteiger partial charge >= 0.3 is 0 Å². The molecule has 2 rings (SSSR count). The molecule has 0 bridgehead atoms. The number of morpholine rings is 1. The number of carbonyl (C=O) groups is 1. The van der Waals surface area contributed by atoms with Crippen molar-refractivity contribution in [2.45, 2.75) is 19.1 Å². The molecule has 1 atom stereocenters. The van der Waals surface area contributed by atoms with Crippen LogP contribution in [0.5, 0.6) is 5.75 Å². The molecule has 5 nitrogen and oxygen atoms in total. The highest BCUT2D eigenvalue weighted by Crippen LogP contribution is 2.20. The quantitative estimate of drug-likeness (QED) is 0.872. The average molecular weight is 264 g/mol. The van der Waals surface area contributed by atoms with E-state index in [0.29, 0.717) is 19.6 Å². The molecule has 0 spiro atoms. The molecule has 0 aromatic heterocycles. The molecule has 1 aromatic carbocycles. The summed E-state index contributed by atoms with van der Waals surface area (Å²) in [5.74, 6) is 0.786. The summed E-state index contributed by atoms with van der Waals surface area (Å²) in [5, 5.41) is 0. The van der Waals surface area contributed by atoms with Gasteiger partial charge in [-0.3, -0.25) is 4.79 Å². The van der Waals surface area contributed by atoms with E-state index in [1.54, 1.807) is 12.0 Å². The van der Waals surface area contributed by atoms with Crippen molar-refractivity contribution in [3.05, 3.63) is 29.8 Å². The van der Waals surface area contributed by atoms with E-state index >= 15 is 0 Å². The number of carbonyl (C=O) groups excluding carboxylic acids is 1. The standard InChI is InChI=1S/C14H20N2O3/c1-14(9-15)10-16(13(17)8-19-14)7-11-4-3-5-12(6-11)18-2/h3-6H,7-10,15H2,1-2H3. The van der Waals surface area contributed by atoms with Crippen LogP contribution in [0, 0.1) is 0 Å². The topological polar surface area (TPSA) is 64.8 Å². The number of methoxy groups -OCH3 is 1. The van der Waals surface area contributed by atoms with E-state index < -0.39 is 5.60 Å². The molecule has 0 radical (unpaired) electrons. The molecular weight excluding hydrogens is 244 g/mol. The predicted octanol–water partition coefficient (Wildman–Crippen LogP) is 0.771. The molecule has 5 heteroatoms. The molecule has 0 saturated carbocycles. The average Bonchev–Trinajstić information content (AvgIpc) is 2.43. The van der Waals surface area contributed by atoms with Gasteiger partial charge in [-0.1, -0.05) is 12.1 Å². The van der Waals surface area contributed by atoms with Gasteiger partial charge in [0.1, 0.15) is 12.4 Å². The molecule has 1 unspecified atom stereocenters. The number of amides is 1. The first kappa shape index (κ1) is 13.8. The van der Waals surface area contributed by atoms with Crippen LogP contribution in [0.25, 0.3) is 0 Å². The summed E-state index contributed by atoms with van der Waals surface area (Å²) in [7, 11) is 1.63. The zero-order valence-corrected chi connectivity index (χ0v) is 11.4. The van der Waals surface area contributed by atoms with Gasteiger partial charge in [0.2, 0.25) is 5.91 Å². The van der Waals surface area contributed by atoms with Gasteiger partial charge in [-0.05, 0) is 24.6 Å². The summed E-state index contributed by atoms with van der Waals surface area (Å²) in [6.07, 6.45) is 0. The van der Waals surface area contributed by atoms with E-state index in [1.165, 1.54) is 0 Å². The number of hydrogen-bond acceptors (Lipinski definition) is 4. The minimum absolute atomic E-state index is 0.00579. The van der Waals surface area contributed by atoms with Gasteiger partial charge in [-0.15, -0.1) is 0 Å². The third kappa shape index (κ3) is 3.24. The van der Waals surface area contributed by atoms with Crippen LogP contribution in [0.2, 0.25) is 0 Å². The number of nitrogens with two attached hydrogens (primary N) is 1. The van der Waals surface area contributed by atoms with E-state index in [-0.39, 0.29) is 12.5 Å². The Morgan fingerprint density at radius 1 is 1.53 bits per heavy atom. The highest BCUT2D eigenvalue weighted by molar-refractivity contribution is 5.78. The lowest BCUT2D eigenvalue weighted by Crippen LogP contribution is -2.56. The van der Waals surface area contributed by atoms with Crippen molar-refractivity contribution in [2.75, 3.05) is 26.8 Å². The number of ether oxygens (including phenoxy) is 2. The SMILES string of the molecule is COc1cccc(CN2CC(C)(CN)OCC2=O)c1. The number of hydrogen-bond donors (Lipinski definition) is 1. The summed E-state index contributed by atoms with van der Waals surface area (Å²) >= 11 is 0. The van der Waals surface area contributed by atoms with Gasteiger partial charge in [0.25, 0.3) is 0 Å². The van der Waals surface area contributed by atoms with Crippen molar-refractivity contribution in [3.63, 3.8) is 0 Å². The van der Waals surface area contributed by atoms with E-state index in [0.717, 1.165) is 11.3 Å². The van der Waals surface area contributed by atoms with Crippen LogP contribution < -0.4 is 10.5 Å². The fraction of sp³-hybridized carbons (Fsp3) is 0.500. The molecule has 1 saturated heterocycles. The maximum absolute atomic E-state index is 11.9. The molecule has 19 heavy (non-hydrogen) atoms. The fourth-order valence-corrected chi connectivity index (χ4v) is 2.12. The molecule has 1 aliphatic heterocycles. The van der Waals surface area contributed by atoms with Crippen LogP contribution in [-0.4, -0.2) is 43.2 Å². The van der Waals surface area contributed by atoms with Crippen molar-refractivity contribution in [1.29, 1.82) is 0 Å². The Balaban J connectivity index is 2.09. The Labute approximate surface area is 113 Å². The van der Waals surface area contributed by atoms with Crippen LogP contribution in [0.4, 0.5) is 0 Å². The van der Waals surface area contributed by atoms with Crippen molar-refractivity contribution >= 4 is 5.91 Å². The minimum Gasteiger partial charge on any atom is -0.497 e. The summed E-state index contributed by atoms with van der Waals surface area (Å²) in [4.78, 5) is 13.7. The van der Waals surface area contributed by atoms with Gasteiger partial charge < -0.3 is 20.1 Å². The summed E-state index contributed by atoms with van der Waals surface area (Å²) in [6.45, 7) is 3.49. The largest absolute Gasteiger partial charge is 0.497 e. The van der Waals surface area contributed by atoms with E-state index in [2.05, 4.69) is 0 Å². The molecular formula is C14H20N2O3. The lowest BCUT2D eigenvalue weighted by atomic mass is 10.0. The Bertz CT molecular complexity index is 464. The zero-order valence-electron chi connectivity index (χ0n) is 11.4. The number of benzene rings is 1. The third-order valence-electron chi connectivity index (χ3n) is 3.36. The molecule has 1 amide bonds. The maximum Gasteiger partial charge on any atom is 0.249 e. The smallest absolute Gasteiger partial charge is 0.249 e. The number of nitrogens with zero attached hydrogens (tertiary/aromatic N) is 1. The van der Waals surface area contributed by atoms with Gasteiger partial charge in [0.05, 0.1) is 19.3 Å². The first-order valence-corrected chi connectivity index (χ1v) is 6.31. The molecule has 0 aliphatic carbocycles. The first-order valence-electron chi connectivity index (χ1n) is 6.31. The van der Waals surface area contributed by atoms with Gasteiger partial charge in [-0.25, -0.2) is 0 Å². The summed E-state index contributed by atoms with van der Waals surface area (Å²) < 4.78 is 10.7. The lowest BCUT2D eigenvalue weighted by molar-refractivity contribution is -0.160. The van der Waals surface area contributed by atoms with Gasteiger partial charge in [0.15, 0.2) is 0 Å². The first-order chi connectivity index (χ1) is 9.06.